The molecule has 0 saturated carbocycles. The van der Waals surface area contributed by atoms with Crippen LogP contribution in [0.1, 0.15) is 6.42 Å². The van der Waals surface area contributed by atoms with Crippen molar-refractivity contribution >= 4 is 6.09 Å². The number of β-amino-alcohol motifs (C(OH)–C–C–N with tert-alkyl or cyclic N) is 1. The van der Waals surface area contributed by atoms with Crippen LogP contribution in [-0.4, -0.2) is 46.4 Å². The van der Waals surface area contributed by atoms with Crippen molar-refractivity contribution < 1.29 is 15.0 Å². The summed E-state index contributed by atoms with van der Waals surface area (Å²) in [6.45, 7) is 0.560. The number of likely N-dealkylation sites (tertiary alicyclic amines) is 1. The number of carbonyl (C=O) groups is 1. The van der Waals surface area contributed by atoms with Crippen molar-refractivity contribution in [1.82, 2.24) is 4.90 Å². The van der Waals surface area contributed by atoms with Gasteiger partial charge < -0.3 is 20.8 Å². The Morgan fingerprint density at radius 2 is 2.27 bits per heavy atom. The van der Waals surface area contributed by atoms with Crippen molar-refractivity contribution in [1.29, 1.82) is 0 Å². The van der Waals surface area contributed by atoms with E-state index in [0.29, 0.717) is 13.0 Å². The monoisotopic (exact) mass is 160 g/mol. The second kappa shape index (κ2) is 3.06. The van der Waals surface area contributed by atoms with E-state index in [-0.39, 0.29) is 12.6 Å². The average molecular weight is 160 g/mol. The Kier molecular flexibility index (Phi) is 2.31. The number of hydrogen-bond acceptors (Lipinski definition) is 3. The first-order chi connectivity index (χ1) is 5.11. The highest BCUT2D eigenvalue weighted by Gasteiger charge is 2.26. The van der Waals surface area contributed by atoms with Gasteiger partial charge in [-0.1, -0.05) is 0 Å². The molecule has 1 aliphatic heterocycles. The standard InChI is InChI=1S/C6H12N2O3/c7-4-1-2-8(6(10)11)3-5(4)9/h4-5,9H,1-3,7H2,(H,10,11)/t4?,5-/m0/s1. The second-order valence-corrected chi connectivity index (χ2v) is 2.75. The van der Waals surface area contributed by atoms with Gasteiger partial charge in [-0.05, 0) is 6.42 Å². The Balaban J connectivity index is 2.46. The summed E-state index contributed by atoms with van der Waals surface area (Å²) in [4.78, 5) is 11.6. The van der Waals surface area contributed by atoms with Gasteiger partial charge >= 0.3 is 6.09 Å². The van der Waals surface area contributed by atoms with E-state index in [2.05, 4.69) is 0 Å². The lowest BCUT2D eigenvalue weighted by atomic mass is 10.0. The van der Waals surface area contributed by atoms with Gasteiger partial charge in [0.05, 0.1) is 12.6 Å². The van der Waals surface area contributed by atoms with Crippen molar-refractivity contribution in [2.24, 2.45) is 5.73 Å². The average Bonchev–Trinajstić information content (AvgIpc) is 1.94. The molecule has 1 heterocycles. The highest BCUT2D eigenvalue weighted by molar-refractivity contribution is 5.65. The van der Waals surface area contributed by atoms with Crippen LogP contribution in [0.4, 0.5) is 4.79 Å². The summed E-state index contributed by atoms with van der Waals surface area (Å²) in [5.74, 6) is 0. The zero-order chi connectivity index (χ0) is 8.43. The first-order valence-corrected chi connectivity index (χ1v) is 3.53. The molecule has 64 valence electrons. The van der Waals surface area contributed by atoms with Crippen LogP contribution in [0.15, 0.2) is 0 Å². The topological polar surface area (TPSA) is 86.8 Å². The number of piperidine rings is 1. The summed E-state index contributed by atoms with van der Waals surface area (Å²) in [5, 5.41) is 17.7. The van der Waals surface area contributed by atoms with E-state index in [1.54, 1.807) is 0 Å². The van der Waals surface area contributed by atoms with E-state index in [1.165, 1.54) is 4.90 Å². The molecule has 1 aliphatic rings. The Labute approximate surface area is 64.4 Å². The van der Waals surface area contributed by atoms with Crippen molar-refractivity contribution in [3.05, 3.63) is 0 Å². The molecule has 4 N–H and O–H groups in total. The minimum absolute atomic E-state index is 0.135. The van der Waals surface area contributed by atoms with Gasteiger partial charge in [0.2, 0.25) is 0 Å². The van der Waals surface area contributed by atoms with Gasteiger partial charge in [-0.3, -0.25) is 0 Å². The molecule has 0 radical (unpaired) electrons. The molecule has 0 spiro atoms. The van der Waals surface area contributed by atoms with E-state index in [0.717, 1.165) is 0 Å². The van der Waals surface area contributed by atoms with E-state index < -0.39 is 12.2 Å². The molecule has 0 aromatic heterocycles. The second-order valence-electron chi connectivity index (χ2n) is 2.75. The van der Waals surface area contributed by atoms with Crippen LogP contribution in [0, 0.1) is 0 Å². The largest absolute Gasteiger partial charge is 0.465 e. The van der Waals surface area contributed by atoms with Crippen molar-refractivity contribution in [3.63, 3.8) is 0 Å². The molecular weight excluding hydrogens is 148 g/mol. The first kappa shape index (κ1) is 8.29. The molecule has 1 amide bonds. The quantitative estimate of drug-likeness (QED) is 0.426. The lowest BCUT2D eigenvalue weighted by Crippen LogP contribution is -2.51. The van der Waals surface area contributed by atoms with Gasteiger partial charge in [-0.25, -0.2) is 4.79 Å². The molecule has 2 atom stereocenters. The molecule has 0 bridgehead atoms. The third-order valence-corrected chi connectivity index (χ3v) is 1.90. The number of hydrogen-bond donors (Lipinski definition) is 3. The predicted octanol–water partition coefficient (Wildman–Crippen LogP) is -0.942. The zero-order valence-electron chi connectivity index (χ0n) is 6.10. The number of aliphatic hydroxyl groups is 1. The fourth-order valence-electron chi connectivity index (χ4n) is 1.12. The van der Waals surface area contributed by atoms with E-state index >= 15 is 0 Å². The first-order valence-electron chi connectivity index (χ1n) is 3.53. The number of rotatable bonds is 0. The number of nitrogens with zero attached hydrogens (tertiary/aromatic N) is 1. The number of amides is 1. The smallest absolute Gasteiger partial charge is 0.407 e. The normalized spacial score (nSPS) is 32.0. The van der Waals surface area contributed by atoms with Crippen molar-refractivity contribution in [2.75, 3.05) is 13.1 Å². The zero-order valence-corrected chi connectivity index (χ0v) is 6.10. The van der Waals surface area contributed by atoms with Crippen LogP contribution in [0.2, 0.25) is 0 Å². The van der Waals surface area contributed by atoms with Crippen molar-refractivity contribution in [3.8, 4) is 0 Å². The molecule has 0 aromatic rings. The van der Waals surface area contributed by atoms with Crippen LogP contribution in [0.3, 0.4) is 0 Å². The molecule has 5 nitrogen and oxygen atoms in total. The van der Waals surface area contributed by atoms with Gasteiger partial charge in [-0.15, -0.1) is 0 Å². The van der Waals surface area contributed by atoms with Crippen LogP contribution in [0.25, 0.3) is 0 Å². The highest BCUT2D eigenvalue weighted by Crippen LogP contribution is 2.08. The molecule has 0 aliphatic carbocycles. The van der Waals surface area contributed by atoms with Crippen LogP contribution in [0.5, 0.6) is 0 Å². The molecule has 1 unspecified atom stereocenters. The van der Waals surface area contributed by atoms with Crippen LogP contribution in [-0.2, 0) is 0 Å². The van der Waals surface area contributed by atoms with Crippen LogP contribution >= 0.6 is 0 Å². The van der Waals surface area contributed by atoms with Gasteiger partial charge in [0.1, 0.15) is 0 Å². The molecule has 5 heteroatoms. The summed E-state index contributed by atoms with van der Waals surface area (Å²) in [6.07, 6.45) is -1.16. The molecular formula is C6H12N2O3. The molecule has 1 rings (SSSR count). The Morgan fingerprint density at radius 1 is 1.64 bits per heavy atom. The summed E-state index contributed by atoms with van der Waals surface area (Å²) < 4.78 is 0. The van der Waals surface area contributed by atoms with Crippen molar-refractivity contribution in [2.45, 2.75) is 18.6 Å². The SMILES string of the molecule is NC1CCN(C(=O)O)C[C@@H]1O. The predicted molar refractivity (Wildman–Crippen MR) is 38.2 cm³/mol. The van der Waals surface area contributed by atoms with Gasteiger partial charge in [0.25, 0.3) is 0 Å². The van der Waals surface area contributed by atoms with Crippen LogP contribution < -0.4 is 5.73 Å². The molecule has 0 aromatic carbocycles. The third kappa shape index (κ3) is 1.81. The number of aliphatic hydroxyl groups excluding tert-OH is 1. The fourth-order valence-corrected chi connectivity index (χ4v) is 1.12. The number of carboxylic acid groups (broad SMARTS) is 1. The van der Waals surface area contributed by atoms with Gasteiger partial charge in [0.15, 0.2) is 0 Å². The summed E-state index contributed by atoms with van der Waals surface area (Å²) in [5.41, 5.74) is 5.47. The maximum atomic E-state index is 10.4. The minimum atomic E-state index is -0.990. The molecule has 1 saturated heterocycles. The summed E-state index contributed by atoms with van der Waals surface area (Å²) in [6, 6.07) is -0.273. The highest BCUT2D eigenvalue weighted by atomic mass is 16.4. The molecule has 1 fully saturated rings. The van der Waals surface area contributed by atoms with E-state index in [9.17, 15) is 4.79 Å². The lowest BCUT2D eigenvalue weighted by molar-refractivity contribution is 0.0523. The Hall–Kier alpha value is -0.810. The number of nitrogens with two attached hydrogens (primary N) is 1. The maximum Gasteiger partial charge on any atom is 0.407 e. The molecule has 11 heavy (non-hydrogen) atoms. The lowest BCUT2D eigenvalue weighted by Gasteiger charge is -2.31. The minimum Gasteiger partial charge on any atom is -0.465 e. The van der Waals surface area contributed by atoms with E-state index in [4.69, 9.17) is 15.9 Å². The third-order valence-electron chi connectivity index (χ3n) is 1.90. The maximum absolute atomic E-state index is 10.4. The summed E-state index contributed by atoms with van der Waals surface area (Å²) in [7, 11) is 0. The fraction of sp³-hybridized carbons (Fsp3) is 0.833. The Morgan fingerprint density at radius 3 is 2.73 bits per heavy atom. The van der Waals surface area contributed by atoms with Gasteiger partial charge in [0, 0.05) is 12.6 Å². The van der Waals surface area contributed by atoms with Gasteiger partial charge in [-0.2, -0.15) is 0 Å². The summed E-state index contributed by atoms with van der Waals surface area (Å²) >= 11 is 0. The Bertz CT molecular complexity index is 162. The van der Waals surface area contributed by atoms with E-state index in [1.807, 2.05) is 0 Å².